The number of benzene rings is 2. The Bertz CT molecular complexity index is 1390. The van der Waals surface area contributed by atoms with Gasteiger partial charge in [0, 0.05) is 44.5 Å². The van der Waals surface area contributed by atoms with E-state index in [9.17, 15) is 4.79 Å². The van der Waals surface area contributed by atoms with Gasteiger partial charge in [-0.05, 0) is 64.3 Å². The van der Waals surface area contributed by atoms with Crippen molar-refractivity contribution in [2.45, 2.75) is 59.7 Å². The Morgan fingerprint density at radius 2 is 1.75 bits per heavy atom. The van der Waals surface area contributed by atoms with Crippen LogP contribution in [0.25, 0.3) is 11.3 Å². The molecule has 0 aliphatic carbocycles. The minimum atomic E-state index is 0.186. The fraction of sp³-hybridized carbons (Fsp3) is 0.375. The Morgan fingerprint density at radius 3 is 2.35 bits per heavy atom. The molecule has 0 spiro atoms. The van der Waals surface area contributed by atoms with E-state index in [-0.39, 0.29) is 18.1 Å². The van der Waals surface area contributed by atoms with Crippen LogP contribution in [0.3, 0.4) is 0 Å². The quantitative estimate of drug-likeness (QED) is 0.304. The zero-order chi connectivity index (χ0) is 28.6. The highest BCUT2D eigenvalue weighted by Crippen LogP contribution is 2.24. The van der Waals surface area contributed by atoms with Gasteiger partial charge in [-0.2, -0.15) is 5.10 Å². The summed E-state index contributed by atoms with van der Waals surface area (Å²) >= 11 is 0. The van der Waals surface area contributed by atoms with Gasteiger partial charge in [0.2, 0.25) is 11.9 Å². The lowest BCUT2D eigenvalue weighted by Gasteiger charge is -2.40. The van der Waals surface area contributed by atoms with Crippen molar-refractivity contribution >= 4 is 17.5 Å². The van der Waals surface area contributed by atoms with Gasteiger partial charge in [-0.15, -0.1) is 0 Å². The first-order chi connectivity index (χ1) is 19.2. The fourth-order valence-corrected chi connectivity index (χ4v) is 4.48. The summed E-state index contributed by atoms with van der Waals surface area (Å²) in [5, 5.41) is 7.32. The number of likely N-dealkylation sites (tertiary alicyclic amines) is 1. The Labute approximate surface area is 237 Å². The number of carbonyl (C=O) groups is 1. The molecule has 0 unspecified atom stereocenters. The maximum absolute atomic E-state index is 12.5. The Balaban J connectivity index is 0.000000398. The first-order valence-corrected chi connectivity index (χ1v) is 13.8. The second-order valence-electron chi connectivity index (χ2n) is 10.7. The van der Waals surface area contributed by atoms with Crippen molar-refractivity contribution < 1.29 is 9.53 Å². The van der Waals surface area contributed by atoms with E-state index in [1.807, 2.05) is 38.1 Å². The lowest BCUT2D eigenvalue weighted by atomic mass is 9.99. The van der Waals surface area contributed by atoms with Gasteiger partial charge in [-0.25, -0.2) is 9.97 Å². The summed E-state index contributed by atoms with van der Waals surface area (Å²) < 4.78 is 7.45. The fourth-order valence-electron chi connectivity index (χ4n) is 4.48. The number of nitrogens with one attached hydrogen (secondary N) is 1. The number of rotatable bonds is 8. The number of hydrogen-bond acceptors (Lipinski definition) is 6. The van der Waals surface area contributed by atoms with Gasteiger partial charge in [-0.3, -0.25) is 9.48 Å². The van der Waals surface area contributed by atoms with Crippen molar-refractivity contribution in [3.63, 3.8) is 0 Å². The maximum Gasteiger partial charge on any atom is 0.227 e. The number of ether oxygens (including phenoxy) is 1. The molecule has 1 aliphatic rings. The largest absolute Gasteiger partial charge is 0.372 e. The van der Waals surface area contributed by atoms with Gasteiger partial charge in [0.1, 0.15) is 0 Å². The minimum absolute atomic E-state index is 0.186. The van der Waals surface area contributed by atoms with Crippen LogP contribution < -0.4 is 5.32 Å². The van der Waals surface area contributed by atoms with Gasteiger partial charge >= 0.3 is 0 Å². The minimum Gasteiger partial charge on any atom is -0.372 e. The van der Waals surface area contributed by atoms with Gasteiger partial charge in [0.05, 0.1) is 29.8 Å². The van der Waals surface area contributed by atoms with Crippen LogP contribution in [-0.4, -0.2) is 55.9 Å². The van der Waals surface area contributed by atoms with E-state index >= 15 is 0 Å². The molecule has 0 bridgehead atoms. The van der Waals surface area contributed by atoms with Crippen LogP contribution in [0.5, 0.6) is 0 Å². The molecule has 1 fully saturated rings. The predicted molar refractivity (Wildman–Crippen MR) is 160 cm³/mol. The third-order valence-electron chi connectivity index (χ3n) is 6.75. The third kappa shape index (κ3) is 8.23. The van der Waals surface area contributed by atoms with Crippen molar-refractivity contribution in [3.8, 4) is 11.3 Å². The van der Waals surface area contributed by atoms with E-state index in [2.05, 4.69) is 83.6 Å². The van der Waals surface area contributed by atoms with Crippen LogP contribution in [0.15, 0.2) is 67.1 Å². The van der Waals surface area contributed by atoms with Crippen molar-refractivity contribution in [2.24, 2.45) is 7.05 Å². The van der Waals surface area contributed by atoms with Crippen molar-refractivity contribution in [1.29, 1.82) is 0 Å². The number of amides is 1. The average molecular weight is 541 g/mol. The number of anilines is 2. The second-order valence-corrected chi connectivity index (χ2v) is 10.7. The zero-order valence-electron chi connectivity index (χ0n) is 24.4. The molecular formula is C32H40N6O2. The molecule has 210 valence electrons. The molecule has 1 amide bonds. The Morgan fingerprint density at radius 1 is 1.05 bits per heavy atom. The van der Waals surface area contributed by atoms with E-state index in [4.69, 9.17) is 4.74 Å². The highest BCUT2D eigenvalue weighted by atomic mass is 16.5. The van der Waals surface area contributed by atoms with Gasteiger partial charge in [0.15, 0.2) is 0 Å². The molecule has 8 heteroatoms. The smallest absolute Gasteiger partial charge is 0.227 e. The molecule has 0 saturated carbocycles. The number of carbonyl (C=O) groups excluding carboxylic acids is 1. The molecule has 40 heavy (non-hydrogen) atoms. The van der Waals surface area contributed by atoms with E-state index in [0.717, 1.165) is 28.9 Å². The second kappa shape index (κ2) is 13.3. The predicted octanol–water partition coefficient (Wildman–Crippen LogP) is 5.80. The third-order valence-corrected chi connectivity index (χ3v) is 6.75. The van der Waals surface area contributed by atoms with Gasteiger partial charge in [0.25, 0.3) is 0 Å². The van der Waals surface area contributed by atoms with E-state index in [1.54, 1.807) is 17.1 Å². The highest BCUT2D eigenvalue weighted by molar-refractivity contribution is 5.77. The first kappa shape index (κ1) is 29.0. The van der Waals surface area contributed by atoms with Crippen LogP contribution >= 0.6 is 0 Å². The van der Waals surface area contributed by atoms with Crippen molar-refractivity contribution in [1.82, 2.24) is 24.6 Å². The lowest BCUT2D eigenvalue weighted by Crippen LogP contribution is -2.55. The number of aromatic nitrogens is 4. The molecule has 5 rings (SSSR count). The lowest BCUT2D eigenvalue weighted by molar-refractivity contribution is -0.148. The van der Waals surface area contributed by atoms with Crippen LogP contribution in [-0.2, 0) is 23.0 Å². The van der Waals surface area contributed by atoms with E-state index < -0.39 is 0 Å². The molecule has 8 nitrogen and oxygen atoms in total. The summed E-state index contributed by atoms with van der Waals surface area (Å²) in [6.07, 6.45) is 6.98. The van der Waals surface area contributed by atoms with Crippen LogP contribution in [0, 0.1) is 20.8 Å². The Hall–Kier alpha value is -4.04. The molecule has 1 aliphatic heterocycles. The molecule has 2 aromatic heterocycles. The summed E-state index contributed by atoms with van der Waals surface area (Å²) in [5.74, 6) is 0.719. The van der Waals surface area contributed by atoms with Gasteiger partial charge in [-0.1, -0.05) is 47.5 Å². The summed E-state index contributed by atoms with van der Waals surface area (Å²) in [4.78, 5) is 23.3. The number of aryl methyl sites for hydroxylation is 5. The summed E-state index contributed by atoms with van der Waals surface area (Å²) in [6, 6.07) is 16.6. The highest BCUT2D eigenvalue weighted by Gasteiger charge is 2.31. The number of hydrogen-bond donors (Lipinski definition) is 1. The monoisotopic (exact) mass is 540 g/mol. The number of nitrogens with zero attached hydrogens (tertiary/aromatic N) is 5. The van der Waals surface area contributed by atoms with Crippen molar-refractivity contribution in [3.05, 3.63) is 89.4 Å². The zero-order valence-corrected chi connectivity index (χ0v) is 24.4. The molecule has 4 aromatic rings. The molecule has 2 aromatic carbocycles. The summed E-state index contributed by atoms with van der Waals surface area (Å²) in [5.41, 5.74) is 7.69. The van der Waals surface area contributed by atoms with Crippen molar-refractivity contribution in [2.75, 3.05) is 18.4 Å². The molecule has 1 N–H and O–H groups in total. The Kier molecular flexibility index (Phi) is 9.66. The van der Waals surface area contributed by atoms with Crippen LogP contribution in [0.4, 0.5) is 11.6 Å². The molecular weight excluding hydrogens is 500 g/mol. The maximum atomic E-state index is 12.5. The average Bonchev–Trinajstić information content (AvgIpc) is 3.31. The summed E-state index contributed by atoms with van der Waals surface area (Å²) in [6.45, 7) is 11.7. The molecule has 1 saturated heterocycles. The topological polar surface area (TPSA) is 85.2 Å². The van der Waals surface area contributed by atoms with Crippen LogP contribution in [0.2, 0.25) is 0 Å². The SMILES string of the molecule is Cc1cc(-c2ccnc(Nc3cnn(C)c3)n2)ccc1CCC(=O)N1CC(OC(C)C)C1.Cc1ccc(C)cc1. The normalized spacial score (nSPS) is 13.0. The standard InChI is InChI=1S/C24H30N6O2.C8H10/c1-16(2)32-21-14-30(15-21)23(31)8-7-18-5-6-19(11-17(18)3)22-9-10-25-24(28-22)27-20-12-26-29(4)13-20;1-7-3-5-8(2)6-4-7/h5-6,9-13,16,21H,7-8,14-15H2,1-4H3,(H,25,27,28);3-6H,1-2H3. The molecule has 0 atom stereocenters. The van der Waals surface area contributed by atoms with E-state index in [1.165, 1.54) is 16.7 Å². The molecule has 3 heterocycles. The van der Waals surface area contributed by atoms with Gasteiger partial charge < -0.3 is 15.0 Å². The summed E-state index contributed by atoms with van der Waals surface area (Å²) in [7, 11) is 1.86. The van der Waals surface area contributed by atoms with E-state index in [0.29, 0.717) is 25.5 Å². The first-order valence-electron chi connectivity index (χ1n) is 13.8. The van der Waals surface area contributed by atoms with Crippen LogP contribution in [0.1, 0.15) is 42.5 Å². The molecule has 0 radical (unpaired) electrons.